The first-order chi connectivity index (χ1) is 13.4. The van der Waals surface area contributed by atoms with Gasteiger partial charge in [-0.15, -0.1) is 0 Å². The molecule has 1 unspecified atom stereocenters. The number of methoxy groups -OCH3 is 1. The Morgan fingerprint density at radius 3 is 2.82 bits per heavy atom. The molecule has 0 fully saturated rings. The Kier molecular flexibility index (Phi) is 5.89. The van der Waals surface area contributed by atoms with E-state index in [1.165, 1.54) is 19.2 Å². The number of ether oxygens (including phenoxy) is 2. The highest BCUT2D eigenvalue weighted by molar-refractivity contribution is 6.03. The second-order valence-electron chi connectivity index (χ2n) is 6.75. The Morgan fingerprint density at radius 1 is 1.32 bits per heavy atom. The van der Waals surface area contributed by atoms with Gasteiger partial charge in [-0.3, -0.25) is 14.9 Å². The van der Waals surface area contributed by atoms with Crippen LogP contribution in [0.2, 0.25) is 0 Å². The molecule has 8 nitrogen and oxygen atoms in total. The van der Waals surface area contributed by atoms with E-state index in [1.54, 1.807) is 19.1 Å². The highest BCUT2D eigenvalue weighted by atomic mass is 16.6. The van der Waals surface area contributed by atoms with E-state index in [2.05, 4.69) is 5.32 Å². The molecule has 1 aromatic rings. The Morgan fingerprint density at radius 2 is 2.11 bits per heavy atom. The highest BCUT2D eigenvalue weighted by Crippen LogP contribution is 2.43. The van der Waals surface area contributed by atoms with Crippen LogP contribution in [0.1, 0.15) is 37.7 Å². The van der Waals surface area contributed by atoms with Crippen molar-refractivity contribution in [1.82, 2.24) is 5.32 Å². The van der Waals surface area contributed by atoms with Crippen LogP contribution in [0.25, 0.3) is 0 Å². The zero-order valence-corrected chi connectivity index (χ0v) is 15.8. The number of benzene rings is 1. The lowest BCUT2D eigenvalue weighted by molar-refractivity contribution is -0.384. The van der Waals surface area contributed by atoms with Crippen molar-refractivity contribution in [2.24, 2.45) is 0 Å². The summed E-state index contributed by atoms with van der Waals surface area (Å²) in [6.45, 7) is 2.08. The fourth-order valence-electron chi connectivity index (χ4n) is 3.70. The molecule has 1 atom stereocenters. The lowest BCUT2D eigenvalue weighted by atomic mass is 9.75. The average molecular weight is 386 g/mol. The molecule has 1 heterocycles. The van der Waals surface area contributed by atoms with Crippen LogP contribution in [0.15, 0.2) is 46.8 Å². The van der Waals surface area contributed by atoms with Crippen molar-refractivity contribution in [1.29, 1.82) is 0 Å². The molecule has 148 valence electrons. The second kappa shape index (κ2) is 8.35. The van der Waals surface area contributed by atoms with Gasteiger partial charge in [0.05, 0.1) is 17.1 Å². The Hall–Kier alpha value is -3.00. The number of Topliss-reactive ketones (excluding diaryl/α,β-unsaturated/α-hetero) is 1. The van der Waals surface area contributed by atoms with Crippen LogP contribution < -0.4 is 5.32 Å². The number of esters is 1. The van der Waals surface area contributed by atoms with Gasteiger partial charge in [-0.05, 0) is 25.3 Å². The molecule has 0 bridgehead atoms. The fraction of sp³-hybridized carbons (Fsp3) is 0.400. The molecular formula is C20H22N2O6. The average Bonchev–Trinajstić information content (AvgIpc) is 2.67. The van der Waals surface area contributed by atoms with Gasteiger partial charge in [-0.1, -0.05) is 12.1 Å². The number of carbonyl (C=O) groups is 2. The van der Waals surface area contributed by atoms with E-state index >= 15 is 0 Å². The van der Waals surface area contributed by atoms with E-state index in [0.717, 1.165) is 12.1 Å². The van der Waals surface area contributed by atoms with E-state index < -0.39 is 16.8 Å². The van der Waals surface area contributed by atoms with Gasteiger partial charge < -0.3 is 14.8 Å². The van der Waals surface area contributed by atoms with Crippen molar-refractivity contribution in [3.05, 3.63) is 62.5 Å². The first kappa shape index (κ1) is 19.8. The predicted octanol–water partition coefficient (Wildman–Crippen LogP) is 2.75. The van der Waals surface area contributed by atoms with Crippen LogP contribution >= 0.6 is 0 Å². The van der Waals surface area contributed by atoms with Crippen LogP contribution in [0.3, 0.4) is 0 Å². The summed E-state index contributed by atoms with van der Waals surface area (Å²) >= 11 is 0. The van der Waals surface area contributed by atoms with Crippen LogP contribution in [0.5, 0.6) is 0 Å². The molecule has 0 amide bonds. The number of rotatable bonds is 6. The number of ketones is 1. The minimum Gasteiger partial charge on any atom is -0.460 e. The van der Waals surface area contributed by atoms with Crippen LogP contribution in [-0.2, 0) is 19.1 Å². The van der Waals surface area contributed by atoms with Gasteiger partial charge in [-0.2, -0.15) is 0 Å². The number of dihydropyridines is 1. The SMILES string of the molecule is COCCOC(=O)C1=C(C)NC2=C(C(=O)CCC2)C1c1cccc([N+](=O)[O-])c1. The number of nitro benzene ring substituents is 1. The molecule has 3 rings (SSSR count). The number of nitrogens with zero attached hydrogens (tertiary/aromatic N) is 1. The van der Waals surface area contributed by atoms with Crippen molar-refractivity contribution in [2.75, 3.05) is 20.3 Å². The van der Waals surface area contributed by atoms with Crippen molar-refractivity contribution in [3.63, 3.8) is 0 Å². The van der Waals surface area contributed by atoms with Gasteiger partial charge in [0.25, 0.3) is 5.69 Å². The van der Waals surface area contributed by atoms with Crippen LogP contribution in [-0.4, -0.2) is 37.0 Å². The number of nitro groups is 1. The maximum atomic E-state index is 12.8. The standard InChI is InChI=1S/C20H22N2O6/c1-12-17(20(24)28-10-9-27-2)18(13-5-3-6-14(11-13)22(25)26)19-15(21-12)7-4-8-16(19)23/h3,5-6,11,18,21H,4,7-10H2,1-2H3. The third kappa shape index (κ3) is 3.82. The van der Waals surface area contributed by atoms with E-state index in [9.17, 15) is 19.7 Å². The third-order valence-corrected chi connectivity index (χ3v) is 4.93. The summed E-state index contributed by atoms with van der Waals surface area (Å²) in [7, 11) is 1.50. The quantitative estimate of drug-likeness (QED) is 0.347. The highest BCUT2D eigenvalue weighted by Gasteiger charge is 2.39. The number of hydrogen-bond donors (Lipinski definition) is 1. The van der Waals surface area contributed by atoms with Crippen molar-refractivity contribution in [3.8, 4) is 0 Å². The third-order valence-electron chi connectivity index (χ3n) is 4.93. The molecule has 0 saturated carbocycles. The summed E-state index contributed by atoms with van der Waals surface area (Å²) in [5, 5.41) is 14.4. The topological polar surface area (TPSA) is 108 Å². The summed E-state index contributed by atoms with van der Waals surface area (Å²) in [5.41, 5.74) is 2.59. The maximum Gasteiger partial charge on any atom is 0.336 e. The predicted molar refractivity (Wildman–Crippen MR) is 100 cm³/mol. The van der Waals surface area contributed by atoms with Crippen molar-refractivity contribution < 1.29 is 24.0 Å². The Labute approximate surface area is 162 Å². The number of nitrogens with one attached hydrogen (secondary N) is 1. The van der Waals surface area contributed by atoms with Gasteiger partial charge in [0, 0.05) is 48.5 Å². The van der Waals surface area contributed by atoms with Gasteiger partial charge in [0.15, 0.2) is 5.78 Å². The number of allylic oxidation sites excluding steroid dienone is 3. The molecule has 8 heteroatoms. The molecule has 0 spiro atoms. The van der Waals surface area contributed by atoms with E-state index in [0.29, 0.717) is 35.2 Å². The first-order valence-corrected chi connectivity index (χ1v) is 9.08. The smallest absolute Gasteiger partial charge is 0.336 e. The first-order valence-electron chi connectivity index (χ1n) is 9.08. The summed E-state index contributed by atoms with van der Waals surface area (Å²) in [6.07, 6.45) is 1.81. The normalized spacial score (nSPS) is 19.2. The molecule has 0 aromatic heterocycles. The van der Waals surface area contributed by atoms with Crippen molar-refractivity contribution >= 4 is 17.4 Å². The van der Waals surface area contributed by atoms with Gasteiger partial charge in [0.1, 0.15) is 6.61 Å². The zero-order chi connectivity index (χ0) is 20.3. The van der Waals surface area contributed by atoms with Gasteiger partial charge >= 0.3 is 5.97 Å². The monoisotopic (exact) mass is 386 g/mol. The second-order valence-corrected chi connectivity index (χ2v) is 6.75. The minimum absolute atomic E-state index is 0.0556. The van der Waals surface area contributed by atoms with Gasteiger partial charge in [0.2, 0.25) is 0 Å². The molecule has 0 saturated heterocycles. The molecule has 1 N–H and O–H groups in total. The summed E-state index contributed by atoms with van der Waals surface area (Å²) in [6, 6.07) is 6.06. The molecule has 28 heavy (non-hydrogen) atoms. The van der Waals surface area contributed by atoms with Crippen LogP contribution in [0.4, 0.5) is 5.69 Å². The lowest BCUT2D eigenvalue weighted by Crippen LogP contribution is -2.34. The molecule has 1 aromatic carbocycles. The van der Waals surface area contributed by atoms with E-state index in [1.807, 2.05) is 0 Å². The Balaban J connectivity index is 2.09. The fourth-order valence-corrected chi connectivity index (χ4v) is 3.70. The van der Waals surface area contributed by atoms with Crippen molar-refractivity contribution in [2.45, 2.75) is 32.1 Å². The summed E-state index contributed by atoms with van der Waals surface area (Å²) in [4.78, 5) is 36.3. The molecular weight excluding hydrogens is 364 g/mol. The zero-order valence-electron chi connectivity index (χ0n) is 15.8. The molecule has 0 radical (unpaired) electrons. The largest absolute Gasteiger partial charge is 0.460 e. The number of non-ortho nitro benzene ring substituents is 1. The van der Waals surface area contributed by atoms with Gasteiger partial charge in [-0.25, -0.2) is 4.79 Å². The maximum absolute atomic E-state index is 12.8. The van der Waals surface area contributed by atoms with E-state index in [-0.39, 0.29) is 24.7 Å². The lowest BCUT2D eigenvalue weighted by Gasteiger charge is -2.34. The van der Waals surface area contributed by atoms with Crippen LogP contribution in [0, 0.1) is 10.1 Å². The Bertz CT molecular complexity index is 886. The molecule has 1 aliphatic carbocycles. The molecule has 2 aliphatic rings. The minimum atomic E-state index is -0.695. The summed E-state index contributed by atoms with van der Waals surface area (Å²) < 4.78 is 10.2. The summed E-state index contributed by atoms with van der Waals surface area (Å²) in [5.74, 6) is -1.32. The number of hydrogen-bond acceptors (Lipinski definition) is 7. The molecule has 1 aliphatic heterocycles. The number of carbonyl (C=O) groups excluding carboxylic acids is 2. The van der Waals surface area contributed by atoms with E-state index in [4.69, 9.17) is 9.47 Å².